The van der Waals surface area contributed by atoms with Crippen LogP contribution in [-0.2, 0) is 9.22 Å². The number of anilines is 3. The Morgan fingerprint density at radius 2 is 1.82 bits per heavy atom. The molecule has 1 fully saturated rings. The number of carboxylic acid groups (broad SMARTS) is 1. The number of nitrogens with zero attached hydrogens (tertiary/aromatic N) is 2. The van der Waals surface area contributed by atoms with Crippen LogP contribution in [0.2, 0.25) is 23.3 Å². The maximum atomic E-state index is 11.4. The van der Waals surface area contributed by atoms with Crippen molar-refractivity contribution in [2.45, 2.75) is 110 Å². The maximum absolute atomic E-state index is 11.4. The molecule has 3 rings (SSSR count). The smallest absolute Gasteiger partial charge is 0.303 e. The summed E-state index contributed by atoms with van der Waals surface area (Å²) in [6.07, 6.45) is 6.48. The van der Waals surface area contributed by atoms with E-state index < -0.39 is 14.3 Å². The minimum atomic E-state index is -1.80. The summed E-state index contributed by atoms with van der Waals surface area (Å²) in [5, 5.41) is 13.6. The molecule has 2 aromatic rings. The molecule has 0 unspecified atom stereocenters. The van der Waals surface area contributed by atoms with Gasteiger partial charge in [-0.25, -0.2) is 4.98 Å². The Hall–Kier alpha value is -2.09. The first-order valence-corrected chi connectivity index (χ1v) is 17.6. The van der Waals surface area contributed by atoms with Gasteiger partial charge in [0.25, 0.3) is 0 Å². The van der Waals surface area contributed by atoms with E-state index in [-0.39, 0.29) is 17.4 Å². The third-order valence-corrected chi connectivity index (χ3v) is 13.1. The number of carbonyl (C=O) groups is 1. The van der Waals surface area contributed by atoms with Gasteiger partial charge in [-0.2, -0.15) is 0 Å². The Kier molecular flexibility index (Phi) is 10.5. The molecule has 0 aliphatic heterocycles. The number of carboxylic acids is 1. The van der Waals surface area contributed by atoms with Crippen LogP contribution in [0.15, 0.2) is 36.5 Å². The van der Waals surface area contributed by atoms with Crippen molar-refractivity contribution < 1.29 is 14.3 Å². The van der Waals surface area contributed by atoms with E-state index in [9.17, 15) is 9.90 Å². The first-order chi connectivity index (χ1) is 18.2. The van der Waals surface area contributed by atoms with Gasteiger partial charge in [-0.1, -0.05) is 59.2 Å². The third-order valence-electron chi connectivity index (χ3n) is 8.30. The van der Waals surface area contributed by atoms with Crippen LogP contribution in [0.1, 0.15) is 85.1 Å². The number of aliphatic carboxylic acids is 1. The molecule has 0 radical (unpaired) electrons. The molecule has 0 bridgehead atoms. The normalized spacial score (nSPS) is 19.1. The SMILES string of the molecule is CC(C)CN(c1ccc([C@H](C)CC(=O)O)cc1Nc1ccc(Cl)nc1)[C@H]1CC[C@H](O[Si](C)(C)C(C)(C)C)CC1. The summed E-state index contributed by atoms with van der Waals surface area (Å²) in [6.45, 7) is 19.0. The zero-order valence-corrected chi connectivity index (χ0v) is 26.8. The van der Waals surface area contributed by atoms with E-state index in [1.807, 2.05) is 13.0 Å². The number of hydrogen-bond donors (Lipinski definition) is 2. The highest BCUT2D eigenvalue weighted by atomic mass is 35.5. The lowest BCUT2D eigenvalue weighted by Crippen LogP contribution is -2.47. The fourth-order valence-electron chi connectivity index (χ4n) is 5.10. The first-order valence-electron chi connectivity index (χ1n) is 14.3. The lowest BCUT2D eigenvalue weighted by atomic mass is 9.90. The molecule has 1 aliphatic rings. The van der Waals surface area contributed by atoms with E-state index in [1.165, 1.54) is 0 Å². The lowest BCUT2D eigenvalue weighted by Gasteiger charge is -2.44. The number of benzene rings is 1. The average molecular weight is 574 g/mol. The third kappa shape index (κ3) is 8.69. The van der Waals surface area contributed by atoms with E-state index in [0.29, 0.717) is 23.2 Å². The Balaban J connectivity index is 1.90. The first kappa shape index (κ1) is 31.4. The van der Waals surface area contributed by atoms with Gasteiger partial charge in [-0.05, 0) is 85.5 Å². The summed E-state index contributed by atoms with van der Waals surface area (Å²) in [5.41, 5.74) is 3.95. The van der Waals surface area contributed by atoms with Crippen LogP contribution >= 0.6 is 11.6 Å². The molecule has 1 aromatic carbocycles. The van der Waals surface area contributed by atoms with Crippen molar-refractivity contribution in [2.24, 2.45) is 5.92 Å². The molecule has 0 spiro atoms. The van der Waals surface area contributed by atoms with Crippen molar-refractivity contribution in [2.75, 3.05) is 16.8 Å². The zero-order chi connectivity index (χ0) is 29.0. The van der Waals surface area contributed by atoms with E-state index in [1.54, 1.807) is 12.3 Å². The molecule has 1 heterocycles. The van der Waals surface area contributed by atoms with Crippen LogP contribution in [0.4, 0.5) is 17.1 Å². The Morgan fingerprint density at radius 1 is 1.15 bits per heavy atom. The maximum Gasteiger partial charge on any atom is 0.303 e. The topological polar surface area (TPSA) is 74.7 Å². The molecule has 1 saturated carbocycles. The number of aromatic nitrogens is 1. The summed E-state index contributed by atoms with van der Waals surface area (Å²) in [5.74, 6) is -0.398. The second-order valence-electron chi connectivity index (χ2n) is 13.1. The summed E-state index contributed by atoms with van der Waals surface area (Å²) < 4.78 is 6.79. The molecule has 6 nitrogen and oxygen atoms in total. The van der Waals surface area contributed by atoms with Gasteiger partial charge in [0, 0.05) is 18.7 Å². The minimum Gasteiger partial charge on any atom is -0.481 e. The quantitative estimate of drug-likeness (QED) is 0.206. The molecule has 1 aliphatic carbocycles. The van der Waals surface area contributed by atoms with Crippen molar-refractivity contribution in [3.05, 3.63) is 47.2 Å². The van der Waals surface area contributed by atoms with Crippen LogP contribution in [-0.4, -0.2) is 43.1 Å². The standard InChI is InChI=1S/C31H48ClN3O3Si/c1-21(2)20-35(25-11-13-26(14-12-25)38-39(7,8)31(4,5)6)28-15-9-23(22(3)17-30(36)37)18-27(28)34-24-10-16-29(32)33-19-24/h9-10,15-16,18-19,21-22,25-26,34H,11-14,17,20H2,1-8H3,(H,36,37)/t22-,25-,26-/m1/s1. The van der Waals surface area contributed by atoms with Gasteiger partial charge in [0.1, 0.15) is 5.15 Å². The number of rotatable bonds is 11. The van der Waals surface area contributed by atoms with E-state index in [0.717, 1.165) is 54.9 Å². The van der Waals surface area contributed by atoms with Crippen molar-refractivity contribution in [1.82, 2.24) is 4.98 Å². The minimum absolute atomic E-state index is 0.0925. The fraction of sp³-hybridized carbons (Fsp3) is 0.613. The van der Waals surface area contributed by atoms with Crippen molar-refractivity contribution in [3.63, 3.8) is 0 Å². The molecular weight excluding hydrogens is 526 g/mol. The highest BCUT2D eigenvalue weighted by Gasteiger charge is 2.40. The zero-order valence-electron chi connectivity index (χ0n) is 25.1. The molecular formula is C31H48ClN3O3Si. The van der Waals surface area contributed by atoms with Crippen LogP contribution in [0, 0.1) is 5.92 Å². The molecule has 1 atom stereocenters. The van der Waals surface area contributed by atoms with Gasteiger partial charge in [0.15, 0.2) is 8.32 Å². The summed E-state index contributed by atoms with van der Waals surface area (Å²) in [6, 6.07) is 10.5. The summed E-state index contributed by atoms with van der Waals surface area (Å²) >= 11 is 6.04. The van der Waals surface area contributed by atoms with Gasteiger partial charge in [-0.3, -0.25) is 4.79 Å². The molecule has 2 N–H and O–H groups in total. The van der Waals surface area contributed by atoms with E-state index in [4.69, 9.17) is 16.0 Å². The number of pyridine rings is 1. The van der Waals surface area contributed by atoms with Gasteiger partial charge >= 0.3 is 5.97 Å². The molecule has 39 heavy (non-hydrogen) atoms. The van der Waals surface area contributed by atoms with Gasteiger partial charge in [-0.15, -0.1) is 0 Å². The second-order valence-corrected chi connectivity index (χ2v) is 18.3. The molecule has 8 heteroatoms. The Bertz CT molecular complexity index is 1090. The van der Waals surface area contributed by atoms with Crippen LogP contribution in [0.25, 0.3) is 0 Å². The van der Waals surface area contributed by atoms with Crippen LogP contribution < -0.4 is 10.2 Å². The van der Waals surface area contributed by atoms with Crippen molar-refractivity contribution in [1.29, 1.82) is 0 Å². The number of nitrogens with one attached hydrogen (secondary N) is 1. The van der Waals surface area contributed by atoms with E-state index >= 15 is 0 Å². The highest BCUT2D eigenvalue weighted by Crippen LogP contribution is 2.41. The van der Waals surface area contributed by atoms with Gasteiger partial charge < -0.3 is 19.7 Å². The molecule has 0 saturated heterocycles. The van der Waals surface area contributed by atoms with E-state index in [2.05, 4.69) is 81.1 Å². The average Bonchev–Trinajstić information content (AvgIpc) is 2.83. The fourth-order valence-corrected chi connectivity index (χ4v) is 6.64. The van der Waals surface area contributed by atoms with Crippen molar-refractivity contribution >= 4 is 42.9 Å². The van der Waals surface area contributed by atoms with Crippen LogP contribution in [0.5, 0.6) is 0 Å². The predicted octanol–water partition coefficient (Wildman–Crippen LogP) is 8.85. The monoisotopic (exact) mass is 573 g/mol. The van der Waals surface area contributed by atoms with Crippen molar-refractivity contribution in [3.8, 4) is 0 Å². The van der Waals surface area contributed by atoms with Gasteiger partial charge in [0.05, 0.1) is 29.7 Å². The summed E-state index contributed by atoms with van der Waals surface area (Å²) in [4.78, 5) is 18.2. The number of hydrogen-bond acceptors (Lipinski definition) is 5. The second kappa shape index (κ2) is 13.0. The van der Waals surface area contributed by atoms with Gasteiger partial charge in [0.2, 0.25) is 0 Å². The molecule has 0 amide bonds. The Labute approximate surface area is 241 Å². The predicted molar refractivity (Wildman–Crippen MR) is 166 cm³/mol. The largest absolute Gasteiger partial charge is 0.481 e. The molecule has 1 aromatic heterocycles. The highest BCUT2D eigenvalue weighted by molar-refractivity contribution is 6.74. The summed E-state index contributed by atoms with van der Waals surface area (Å²) in [7, 11) is -1.80. The lowest BCUT2D eigenvalue weighted by molar-refractivity contribution is -0.137. The van der Waals surface area contributed by atoms with Crippen LogP contribution in [0.3, 0.4) is 0 Å². The Morgan fingerprint density at radius 3 is 2.36 bits per heavy atom. The molecule has 216 valence electrons. The number of halogens is 1.